The molecule has 0 unspecified atom stereocenters. The molecule has 0 saturated carbocycles. The summed E-state index contributed by atoms with van der Waals surface area (Å²) in [4.78, 5) is 23.8. The van der Waals surface area contributed by atoms with Crippen molar-refractivity contribution in [3.05, 3.63) is 51.8 Å². The van der Waals surface area contributed by atoms with E-state index in [9.17, 15) is 9.59 Å². The van der Waals surface area contributed by atoms with Gasteiger partial charge in [-0.05, 0) is 47.0 Å². The predicted molar refractivity (Wildman–Crippen MR) is 90.1 cm³/mol. The van der Waals surface area contributed by atoms with Crippen molar-refractivity contribution in [3.8, 4) is 5.75 Å². The lowest BCUT2D eigenvalue weighted by Gasteiger charge is -2.12. The van der Waals surface area contributed by atoms with Crippen LogP contribution in [0.3, 0.4) is 0 Å². The molecule has 0 fully saturated rings. The molecule has 7 heteroatoms. The number of halogens is 1. The molecule has 23 heavy (non-hydrogen) atoms. The van der Waals surface area contributed by atoms with E-state index in [2.05, 4.69) is 26.8 Å². The van der Waals surface area contributed by atoms with E-state index < -0.39 is 11.8 Å². The van der Waals surface area contributed by atoms with Crippen LogP contribution in [-0.4, -0.2) is 23.0 Å². The molecule has 0 aliphatic heterocycles. The van der Waals surface area contributed by atoms with E-state index >= 15 is 0 Å². The Morgan fingerprint density at radius 2 is 1.87 bits per heavy atom. The lowest BCUT2D eigenvalue weighted by Crippen LogP contribution is -2.44. The second-order valence-electron chi connectivity index (χ2n) is 5.17. The Hall–Kier alpha value is -2.28. The summed E-state index contributed by atoms with van der Waals surface area (Å²) in [7, 11) is 1.74. The first-order chi connectivity index (χ1) is 10.9. The molecule has 0 aliphatic carbocycles. The van der Waals surface area contributed by atoms with E-state index in [-0.39, 0.29) is 6.61 Å². The van der Waals surface area contributed by atoms with Crippen LogP contribution in [0.2, 0.25) is 0 Å². The molecule has 0 atom stereocenters. The predicted octanol–water partition coefficient (Wildman–Crippen LogP) is 2.24. The molecular weight excluding hydrogens is 362 g/mol. The third-order valence-corrected chi connectivity index (χ3v) is 3.71. The van der Waals surface area contributed by atoms with Gasteiger partial charge >= 0.3 is 0 Å². The van der Waals surface area contributed by atoms with Gasteiger partial charge in [-0.2, -0.15) is 0 Å². The lowest BCUT2D eigenvalue weighted by molar-refractivity contribution is -0.123. The van der Waals surface area contributed by atoms with Gasteiger partial charge < -0.3 is 9.30 Å². The zero-order valence-electron chi connectivity index (χ0n) is 13.1. The third kappa shape index (κ3) is 4.35. The van der Waals surface area contributed by atoms with Crippen molar-refractivity contribution < 1.29 is 14.3 Å². The number of hydrazine groups is 1. The molecule has 6 nitrogen and oxygen atoms in total. The number of carbonyl (C=O) groups excluding carboxylic acids is 2. The zero-order valence-corrected chi connectivity index (χ0v) is 14.7. The van der Waals surface area contributed by atoms with E-state index in [4.69, 9.17) is 4.74 Å². The largest absolute Gasteiger partial charge is 0.483 e. The quantitative estimate of drug-likeness (QED) is 0.800. The summed E-state index contributed by atoms with van der Waals surface area (Å²) in [5, 5.41) is 0. The van der Waals surface area contributed by atoms with Crippen molar-refractivity contribution >= 4 is 27.7 Å². The average Bonchev–Trinajstić information content (AvgIpc) is 2.83. The summed E-state index contributed by atoms with van der Waals surface area (Å²) >= 11 is 3.29. The normalized spacial score (nSPS) is 10.3. The molecule has 2 amide bonds. The summed E-state index contributed by atoms with van der Waals surface area (Å²) < 4.78 is 7.96. The number of ether oxygens (including phenoxy) is 1. The monoisotopic (exact) mass is 379 g/mol. The number of hydrogen-bond donors (Lipinski definition) is 2. The van der Waals surface area contributed by atoms with Crippen LogP contribution in [0.4, 0.5) is 0 Å². The van der Waals surface area contributed by atoms with Crippen molar-refractivity contribution in [2.75, 3.05) is 6.61 Å². The van der Waals surface area contributed by atoms with Crippen LogP contribution in [0.25, 0.3) is 0 Å². The molecule has 1 heterocycles. The van der Waals surface area contributed by atoms with Gasteiger partial charge in [0.25, 0.3) is 11.8 Å². The van der Waals surface area contributed by atoms with Crippen LogP contribution in [0.1, 0.15) is 21.6 Å². The van der Waals surface area contributed by atoms with Gasteiger partial charge in [-0.1, -0.05) is 18.2 Å². The molecule has 2 rings (SSSR count). The van der Waals surface area contributed by atoms with Crippen molar-refractivity contribution in [1.29, 1.82) is 0 Å². The Labute approximate surface area is 142 Å². The molecule has 0 aliphatic rings. The summed E-state index contributed by atoms with van der Waals surface area (Å²) in [5.41, 5.74) is 7.02. The average molecular weight is 380 g/mol. The van der Waals surface area contributed by atoms with Crippen molar-refractivity contribution in [1.82, 2.24) is 15.4 Å². The summed E-state index contributed by atoms with van der Waals surface area (Å²) in [5.74, 6) is -0.159. The number of amides is 2. The van der Waals surface area contributed by atoms with E-state index in [1.54, 1.807) is 23.9 Å². The van der Waals surface area contributed by atoms with Crippen LogP contribution in [0.5, 0.6) is 5.75 Å². The second-order valence-corrected chi connectivity index (χ2v) is 6.08. The summed E-state index contributed by atoms with van der Waals surface area (Å²) in [6, 6.07) is 7.41. The molecule has 0 spiro atoms. The first kappa shape index (κ1) is 17.1. The number of benzene rings is 1. The van der Waals surface area contributed by atoms with Crippen LogP contribution in [0, 0.1) is 13.8 Å². The maximum atomic E-state index is 12.0. The van der Waals surface area contributed by atoms with Crippen molar-refractivity contribution in [3.63, 3.8) is 0 Å². The first-order valence-corrected chi connectivity index (χ1v) is 7.78. The SMILES string of the molecule is Cc1cccc(C)c1OCC(=O)NNC(=O)c1cc(Br)cn1C. The minimum Gasteiger partial charge on any atom is -0.483 e. The van der Waals surface area contributed by atoms with E-state index in [0.717, 1.165) is 15.6 Å². The van der Waals surface area contributed by atoms with Gasteiger partial charge in [0.1, 0.15) is 11.4 Å². The Bertz CT molecular complexity index is 720. The molecule has 0 bridgehead atoms. The molecule has 1 aromatic heterocycles. The topological polar surface area (TPSA) is 72.4 Å². The van der Waals surface area contributed by atoms with Gasteiger partial charge in [0.2, 0.25) is 0 Å². The van der Waals surface area contributed by atoms with Gasteiger partial charge in [0.05, 0.1) is 0 Å². The Kier molecular flexibility index (Phi) is 5.44. The van der Waals surface area contributed by atoms with E-state index in [1.807, 2.05) is 32.0 Å². The maximum absolute atomic E-state index is 12.0. The van der Waals surface area contributed by atoms with E-state index in [0.29, 0.717) is 11.4 Å². The van der Waals surface area contributed by atoms with Crippen molar-refractivity contribution in [2.45, 2.75) is 13.8 Å². The lowest BCUT2D eigenvalue weighted by atomic mass is 10.1. The van der Waals surface area contributed by atoms with Crippen molar-refractivity contribution in [2.24, 2.45) is 7.05 Å². The number of aryl methyl sites for hydroxylation is 3. The number of nitrogens with zero attached hydrogens (tertiary/aromatic N) is 1. The number of rotatable bonds is 4. The molecule has 2 aromatic rings. The highest BCUT2D eigenvalue weighted by atomic mass is 79.9. The standard InChI is InChI=1S/C16H18BrN3O3/c1-10-5-4-6-11(2)15(10)23-9-14(21)18-19-16(22)13-7-12(17)8-20(13)3/h4-8H,9H2,1-3H3,(H,18,21)(H,19,22). The zero-order chi connectivity index (χ0) is 17.0. The summed E-state index contributed by atoms with van der Waals surface area (Å²) in [6.45, 7) is 3.65. The van der Waals surface area contributed by atoms with Crippen LogP contribution in [0.15, 0.2) is 34.9 Å². The maximum Gasteiger partial charge on any atom is 0.286 e. The fourth-order valence-electron chi connectivity index (χ4n) is 2.14. The highest BCUT2D eigenvalue weighted by molar-refractivity contribution is 9.10. The minimum atomic E-state index is -0.436. The van der Waals surface area contributed by atoms with Gasteiger partial charge in [0.15, 0.2) is 6.61 Å². The van der Waals surface area contributed by atoms with Crippen LogP contribution >= 0.6 is 15.9 Å². The number of nitrogens with one attached hydrogen (secondary N) is 2. The molecule has 1 aromatic carbocycles. The first-order valence-electron chi connectivity index (χ1n) is 6.98. The molecule has 122 valence electrons. The third-order valence-electron chi connectivity index (χ3n) is 3.28. The van der Waals surface area contributed by atoms with E-state index in [1.165, 1.54) is 0 Å². The number of carbonyl (C=O) groups is 2. The molecular formula is C16H18BrN3O3. The molecule has 0 radical (unpaired) electrons. The second kappa shape index (κ2) is 7.32. The molecule has 0 saturated heterocycles. The highest BCUT2D eigenvalue weighted by Crippen LogP contribution is 2.21. The number of hydrogen-bond acceptors (Lipinski definition) is 3. The molecule has 2 N–H and O–H groups in total. The summed E-state index contributed by atoms with van der Waals surface area (Å²) in [6.07, 6.45) is 1.75. The van der Waals surface area contributed by atoms with Crippen LogP contribution in [-0.2, 0) is 11.8 Å². The minimum absolute atomic E-state index is 0.178. The smallest absolute Gasteiger partial charge is 0.286 e. The fourth-order valence-corrected chi connectivity index (χ4v) is 2.67. The van der Waals surface area contributed by atoms with Gasteiger partial charge in [-0.15, -0.1) is 0 Å². The Balaban J connectivity index is 1.86. The highest BCUT2D eigenvalue weighted by Gasteiger charge is 2.12. The van der Waals surface area contributed by atoms with Gasteiger partial charge in [-0.25, -0.2) is 0 Å². The number of aromatic nitrogens is 1. The van der Waals surface area contributed by atoms with Crippen LogP contribution < -0.4 is 15.6 Å². The Morgan fingerprint density at radius 3 is 2.43 bits per heavy atom. The fraction of sp³-hybridized carbons (Fsp3) is 0.250. The Morgan fingerprint density at radius 1 is 1.22 bits per heavy atom. The van der Waals surface area contributed by atoms with Gasteiger partial charge in [-0.3, -0.25) is 20.4 Å². The van der Waals surface area contributed by atoms with Gasteiger partial charge in [0, 0.05) is 17.7 Å². The number of para-hydroxylation sites is 1.